The normalized spacial score (nSPS) is 10.8. The Morgan fingerprint density at radius 2 is 2.06 bits per heavy atom. The van der Waals surface area contributed by atoms with Crippen molar-refractivity contribution >= 4 is 40.0 Å². The molecule has 10 nitrogen and oxygen atoms in total. The van der Waals surface area contributed by atoms with Crippen molar-refractivity contribution in [2.24, 2.45) is 0 Å². The summed E-state index contributed by atoms with van der Waals surface area (Å²) in [7, 11) is 0. The first-order valence-electron chi connectivity index (χ1n) is 10.6. The van der Waals surface area contributed by atoms with E-state index >= 15 is 0 Å². The lowest BCUT2D eigenvalue weighted by Gasteiger charge is -2.03. The molecule has 0 aliphatic heterocycles. The number of halogens is 1. The third-order valence-corrected chi connectivity index (χ3v) is 6.41. The highest BCUT2D eigenvalue weighted by molar-refractivity contribution is 8.01. The number of carbonyl (C=O) groups is 2. The number of ether oxygens (including phenoxy) is 1. The molecular weight excluding hydrogens is 495 g/mol. The minimum Gasteiger partial charge on any atom is -0.489 e. The number of nitrogens with zero attached hydrogens (tertiary/aromatic N) is 4. The van der Waals surface area contributed by atoms with Crippen molar-refractivity contribution in [1.82, 2.24) is 25.3 Å². The Kier molecular flexibility index (Phi) is 8.11. The zero-order chi connectivity index (χ0) is 24.6. The fourth-order valence-corrected chi connectivity index (χ4v) is 4.39. The van der Waals surface area contributed by atoms with Crippen LogP contribution in [0.2, 0.25) is 0 Å². The Hall–Kier alpha value is -3.71. The summed E-state index contributed by atoms with van der Waals surface area (Å²) in [5.74, 6) is 0.00759. The summed E-state index contributed by atoms with van der Waals surface area (Å²) < 4.78 is 26.1. The first-order valence-corrected chi connectivity index (χ1v) is 12.4. The lowest BCUT2D eigenvalue weighted by atomic mass is 10.3. The van der Waals surface area contributed by atoms with Gasteiger partial charge in [-0.25, -0.2) is 9.07 Å². The molecule has 1 aromatic carbocycles. The van der Waals surface area contributed by atoms with Crippen LogP contribution in [0.15, 0.2) is 57.6 Å². The summed E-state index contributed by atoms with van der Waals surface area (Å²) in [5, 5.41) is 17.9. The first kappa shape index (κ1) is 24.4. The molecule has 0 aliphatic rings. The van der Waals surface area contributed by atoms with Gasteiger partial charge in [0.15, 0.2) is 15.8 Å². The number of furan rings is 1. The lowest BCUT2D eigenvalue weighted by molar-refractivity contribution is -0.118. The molecule has 0 radical (unpaired) electrons. The van der Waals surface area contributed by atoms with Crippen LogP contribution in [-0.4, -0.2) is 44.2 Å². The van der Waals surface area contributed by atoms with Gasteiger partial charge in [0.25, 0.3) is 5.91 Å². The second kappa shape index (κ2) is 11.6. The van der Waals surface area contributed by atoms with E-state index in [4.69, 9.17) is 9.15 Å². The summed E-state index contributed by atoms with van der Waals surface area (Å²) in [4.78, 5) is 24.9. The predicted molar refractivity (Wildman–Crippen MR) is 128 cm³/mol. The van der Waals surface area contributed by atoms with Gasteiger partial charge >= 0.3 is 0 Å². The molecule has 2 N–H and O–H groups in total. The Morgan fingerprint density at radius 1 is 1.23 bits per heavy atom. The first-order chi connectivity index (χ1) is 17.0. The molecule has 13 heteroatoms. The van der Waals surface area contributed by atoms with Gasteiger partial charge in [0, 0.05) is 0 Å². The molecule has 0 unspecified atom stereocenters. The second-order valence-corrected chi connectivity index (χ2v) is 9.28. The molecule has 4 rings (SSSR count). The highest BCUT2D eigenvalue weighted by Crippen LogP contribution is 2.27. The molecule has 0 saturated heterocycles. The van der Waals surface area contributed by atoms with E-state index in [-0.39, 0.29) is 28.3 Å². The zero-order valence-corrected chi connectivity index (χ0v) is 20.2. The number of thioether (sulfide) groups is 1. The van der Waals surface area contributed by atoms with Crippen molar-refractivity contribution in [3.8, 4) is 11.4 Å². The third kappa shape index (κ3) is 6.67. The molecule has 0 spiro atoms. The molecule has 0 fully saturated rings. The van der Waals surface area contributed by atoms with Crippen LogP contribution in [-0.2, 0) is 11.3 Å². The van der Waals surface area contributed by atoms with Gasteiger partial charge in [0.2, 0.25) is 11.0 Å². The topological polar surface area (TPSA) is 124 Å². The summed E-state index contributed by atoms with van der Waals surface area (Å²) in [6, 6.07) is 9.23. The number of aromatic nitrogens is 4. The van der Waals surface area contributed by atoms with E-state index < -0.39 is 5.91 Å². The molecular formula is C22H21FN6O4S2. The molecule has 35 heavy (non-hydrogen) atoms. The summed E-state index contributed by atoms with van der Waals surface area (Å²) >= 11 is 2.34. The van der Waals surface area contributed by atoms with E-state index in [1.165, 1.54) is 28.6 Å². The van der Waals surface area contributed by atoms with E-state index in [9.17, 15) is 14.0 Å². The SMILES string of the molecule is CCCOc1cn(-c2ccc(F)cc2)nc1C(=O)Nc1nnc(SCC(=O)NCc2ccco2)s1. The molecule has 0 aliphatic carbocycles. The van der Waals surface area contributed by atoms with Gasteiger partial charge in [-0.15, -0.1) is 10.2 Å². The molecule has 3 aromatic heterocycles. The summed E-state index contributed by atoms with van der Waals surface area (Å²) in [6.45, 7) is 2.65. The quantitative estimate of drug-likeness (QED) is 0.227. The fourth-order valence-electron chi connectivity index (χ4n) is 2.81. The largest absolute Gasteiger partial charge is 0.489 e. The van der Waals surface area contributed by atoms with Crippen LogP contribution in [0, 0.1) is 5.82 Å². The van der Waals surface area contributed by atoms with E-state index in [2.05, 4.69) is 25.9 Å². The second-order valence-electron chi connectivity index (χ2n) is 7.08. The maximum absolute atomic E-state index is 13.3. The van der Waals surface area contributed by atoms with E-state index in [0.717, 1.165) is 17.8 Å². The maximum Gasteiger partial charge on any atom is 0.281 e. The average molecular weight is 517 g/mol. The number of hydrogen-bond acceptors (Lipinski definition) is 9. The van der Waals surface area contributed by atoms with Crippen molar-refractivity contribution in [3.05, 3.63) is 66.1 Å². The van der Waals surface area contributed by atoms with Crippen LogP contribution in [0.5, 0.6) is 5.75 Å². The summed E-state index contributed by atoms with van der Waals surface area (Å²) in [6.07, 6.45) is 3.86. The van der Waals surface area contributed by atoms with Crippen LogP contribution in [0.1, 0.15) is 29.6 Å². The van der Waals surface area contributed by atoms with Crippen molar-refractivity contribution < 1.29 is 23.1 Å². The average Bonchev–Trinajstić information content (AvgIpc) is 3.62. The number of nitrogens with one attached hydrogen (secondary N) is 2. The molecule has 0 saturated carbocycles. The minimum absolute atomic E-state index is 0.0597. The zero-order valence-electron chi connectivity index (χ0n) is 18.6. The molecule has 2 amide bonds. The van der Waals surface area contributed by atoms with Gasteiger partial charge in [-0.05, 0) is 42.8 Å². The van der Waals surface area contributed by atoms with Gasteiger partial charge in [-0.3, -0.25) is 14.9 Å². The minimum atomic E-state index is -0.527. The van der Waals surface area contributed by atoms with E-state index in [0.29, 0.717) is 34.7 Å². The van der Waals surface area contributed by atoms with Gasteiger partial charge in [0.05, 0.1) is 37.1 Å². The van der Waals surface area contributed by atoms with E-state index in [1.54, 1.807) is 36.7 Å². The highest BCUT2D eigenvalue weighted by atomic mass is 32.2. The monoisotopic (exact) mass is 516 g/mol. The number of rotatable bonds is 11. The Morgan fingerprint density at radius 3 is 2.80 bits per heavy atom. The molecule has 0 bridgehead atoms. The van der Waals surface area contributed by atoms with E-state index in [1.807, 2.05) is 6.92 Å². The third-order valence-electron chi connectivity index (χ3n) is 4.44. The standard InChI is InChI=1S/C22H21FN6O4S2/c1-2-9-33-17-12-29(15-7-5-14(23)6-8-15)28-19(17)20(31)25-21-26-27-22(35-21)34-13-18(30)24-11-16-4-3-10-32-16/h3-8,10,12H,2,9,11,13H2,1H3,(H,24,30)(H,25,26,31). The van der Waals surface area contributed by atoms with Crippen molar-refractivity contribution in [1.29, 1.82) is 0 Å². The number of carbonyl (C=O) groups excluding carboxylic acids is 2. The van der Waals surface area contributed by atoms with Crippen LogP contribution in [0.4, 0.5) is 9.52 Å². The smallest absolute Gasteiger partial charge is 0.281 e. The Labute approximate surface area is 207 Å². The summed E-state index contributed by atoms with van der Waals surface area (Å²) in [5.41, 5.74) is 0.635. The van der Waals surface area contributed by atoms with Crippen molar-refractivity contribution in [3.63, 3.8) is 0 Å². The van der Waals surface area contributed by atoms with Gasteiger partial charge in [0.1, 0.15) is 11.6 Å². The maximum atomic E-state index is 13.3. The number of amides is 2. The predicted octanol–water partition coefficient (Wildman–Crippen LogP) is 3.91. The lowest BCUT2D eigenvalue weighted by Crippen LogP contribution is -2.24. The van der Waals surface area contributed by atoms with Gasteiger partial charge in [-0.2, -0.15) is 5.10 Å². The van der Waals surface area contributed by atoms with Crippen molar-refractivity contribution in [2.45, 2.75) is 24.2 Å². The number of benzene rings is 1. The molecule has 3 heterocycles. The molecule has 182 valence electrons. The Balaban J connectivity index is 1.37. The number of hydrogen-bond donors (Lipinski definition) is 2. The number of anilines is 1. The Bertz CT molecular complexity index is 1270. The van der Waals surface area contributed by atoms with Gasteiger partial charge in [-0.1, -0.05) is 30.0 Å². The van der Waals surface area contributed by atoms with Crippen LogP contribution in [0.3, 0.4) is 0 Å². The fraction of sp³-hybridized carbons (Fsp3) is 0.227. The van der Waals surface area contributed by atoms with Crippen LogP contribution < -0.4 is 15.4 Å². The molecule has 0 atom stereocenters. The van der Waals surface area contributed by atoms with Crippen LogP contribution in [0.25, 0.3) is 5.69 Å². The van der Waals surface area contributed by atoms with Crippen molar-refractivity contribution in [2.75, 3.05) is 17.7 Å². The molecule has 4 aromatic rings. The van der Waals surface area contributed by atoms with Gasteiger partial charge < -0.3 is 14.5 Å². The highest BCUT2D eigenvalue weighted by Gasteiger charge is 2.21. The van der Waals surface area contributed by atoms with Crippen LogP contribution >= 0.6 is 23.1 Å².